The van der Waals surface area contributed by atoms with Crippen LogP contribution >= 0.6 is 11.3 Å². The molecule has 0 saturated carbocycles. The van der Waals surface area contributed by atoms with E-state index in [2.05, 4.69) is 182 Å². The third kappa shape index (κ3) is 4.88. The Morgan fingerprint density at radius 2 is 0.630 bits per heavy atom. The summed E-state index contributed by atoms with van der Waals surface area (Å²) < 4.78 is 0. The summed E-state index contributed by atoms with van der Waals surface area (Å²) >= 11 is 1.59. The van der Waals surface area contributed by atoms with E-state index in [1.165, 1.54) is 0 Å². The predicted octanol–water partition coefficient (Wildman–Crippen LogP) is 11.1. The van der Waals surface area contributed by atoms with E-state index in [9.17, 15) is 5.11 Å². The van der Waals surface area contributed by atoms with Gasteiger partial charge >= 0.3 is 0 Å². The summed E-state index contributed by atoms with van der Waals surface area (Å²) in [4.78, 5) is 0. The molecule has 0 radical (unpaired) electrons. The van der Waals surface area contributed by atoms with Gasteiger partial charge in [0.1, 0.15) is 5.76 Å². The van der Waals surface area contributed by atoms with Gasteiger partial charge in [0.25, 0.3) is 0 Å². The second-order valence-electron chi connectivity index (χ2n) is 11.4. The normalized spacial score (nSPS) is 11.6. The first-order chi connectivity index (χ1) is 22.8. The van der Waals surface area contributed by atoms with Gasteiger partial charge in [0.15, 0.2) is 0 Å². The number of aliphatic hydroxyl groups excluding tert-OH is 1. The molecule has 0 aliphatic carbocycles. The lowest BCUT2D eigenvalue weighted by Crippen LogP contribution is -2.45. The summed E-state index contributed by atoms with van der Waals surface area (Å²) in [6.07, 6.45) is 0. The topological polar surface area (TPSA) is 20.2 Å². The Labute approximate surface area is 275 Å². The molecule has 46 heavy (non-hydrogen) atoms. The molecule has 6 aromatic carbocycles. The molecule has 1 N–H and O–H groups in total. The van der Waals surface area contributed by atoms with Crippen LogP contribution in [0.3, 0.4) is 0 Å². The Bertz CT molecular complexity index is 1680. The van der Waals surface area contributed by atoms with Crippen LogP contribution in [0.25, 0.3) is 5.76 Å². The van der Waals surface area contributed by atoms with Crippen LogP contribution in [0.1, 0.15) is 38.9 Å². The second-order valence-corrected chi connectivity index (χ2v) is 12.2. The standard InChI is InChI=1S/C44H34OS/c45-41(34-31-32-46-33-34)42(43(35-19-7-1-8-20-35,36-21-9-2-10-22-36)37-23-11-3-12-24-37)44(38-25-13-4-14-26-38,39-27-15-5-16-28-39)40-29-17-6-18-30-40/h1-33,45H. The molecule has 0 atom stereocenters. The summed E-state index contributed by atoms with van der Waals surface area (Å²) in [5, 5.41) is 17.3. The molecule has 2 heteroatoms. The van der Waals surface area contributed by atoms with Crippen molar-refractivity contribution >= 4 is 17.1 Å². The van der Waals surface area contributed by atoms with Gasteiger partial charge in [0.05, 0.1) is 10.8 Å². The Morgan fingerprint density at radius 3 is 0.848 bits per heavy atom. The minimum atomic E-state index is -0.933. The van der Waals surface area contributed by atoms with Gasteiger partial charge in [-0.2, -0.15) is 11.3 Å². The van der Waals surface area contributed by atoms with E-state index in [1.807, 2.05) is 16.8 Å². The van der Waals surface area contributed by atoms with Gasteiger partial charge < -0.3 is 5.11 Å². The maximum atomic E-state index is 13.2. The Morgan fingerprint density at radius 1 is 0.370 bits per heavy atom. The van der Waals surface area contributed by atoms with Gasteiger partial charge in [-0.3, -0.25) is 0 Å². The fraction of sp³-hybridized carbons (Fsp3) is 0.0455. The molecule has 222 valence electrons. The van der Waals surface area contributed by atoms with Crippen molar-refractivity contribution < 1.29 is 5.11 Å². The molecular formula is C44H34OS. The van der Waals surface area contributed by atoms with Crippen LogP contribution in [0, 0.1) is 0 Å². The highest BCUT2D eigenvalue weighted by Gasteiger charge is 2.54. The van der Waals surface area contributed by atoms with Crippen molar-refractivity contribution in [3.8, 4) is 0 Å². The van der Waals surface area contributed by atoms with Crippen molar-refractivity contribution in [2.75, 3.05) is 0 Å². The number of hydrogen-bond acceptors (Lipinski definition) is 2. The molecule has 0 spiro atoms. The van der Waals surface area contributed by atoms with Crippen LogP contribution in [0.2, 0.25) is 0 Å². The minimum Gasteiger partial charge on any atom is -0.507 e. The highest BCUT2D eigenvalue weighted by atomic mass is 32.1. The molecule has 0 bridgehead atoms. The molecule has 1 aromatic heterocycles. The van der Waals surface area contributed by atoms with Gasteiger partial charge in [-0.25, -0.2) is 0 Å². The Kier molecular flexibility index (Phi) is 8.20. The molecule has 0 fully saturated rings. The van der Waals surface area contributed by atoms with Crippen molar-refractivity contribution in [1.29, 1.82) is 0 Å². The average molecular weight is 611 g/mol. The molecule has 7 rings (SSSR count). The fourth-order valence-corrected chi connectivity index (χ4v) is 7.82. The zero-order valence-corrected chi connectivity index (χ0v) is 26.2. The summed E-state index contributed by atoms with van der Waals surface area (Å²) in [5.41, 5.74) is 6.19. The van der Waals surface area contributed by atoms with Crippen molar-refractivity contribution in [2.24, 2.45) is 0 Å². The Hall–Kier alpha value is -5.44. The van der Waals surface area contributed by atoms with Crippen LogP contribution in [0.15, 0.2) is 204 Å². The molecule has 0 saturated heterocycles. The second kappa shape index (κ2) is 12.9. The van der Waals surface area contributed by atoms with E-state index < -0.39 is 10.8 Å². The number of aliphatic hydroxyl groups is 1. The third-order valence-corrected chi connectivity index (χ3v) is 9.71. The maximum absolute atomic E-state index is 13.2. The zero-order valence-electron chi connectivity index (χ0n) is 25.4. The number of thiophene rings is 1. The molecule has 0 aliphatic rings. The van der Waals surface area contributed by atoms with Crippen molar-refractivity contribution in [3.05, 3.63) is 243 Å². The van der Waals surface area contributed by atoms with E-state index in [1.54, 1.807) is 11.3 Å². The average Bonchev–Trinajstić information content (AvgIpc) is 3.70. The quantitative estimate of drug-likeness (QED) is 0.127. The molecule has 1 nitrogen and oxygen atoms in total. The molecule has 0 unspecified atom stereocenters. The first-order valence-electron chi connectivity index (χ1n) is 15.6. The lowest BCUT2D eigenvalue weighted by atomic mass is 9.52. The summed E-state index contributed by atoms with van der Waals surface area (Å²) in [5.74, 6) is 0.259. The van der Waals surface area contributed by atoms with Crippen LogP contribution in [-0.2, 0) is 10.8 Å². The van der Waals surface area contributed by atoms with Gasteiger partial charge in [-0.1, -0.05) is 182 Å². The molecule has 0 aliphatic heterocycles. The number of rotatable bonds is 9. The first-order valence-corrected chi connectivity index (χ1v) is 16.5. The van der Waals surface area contributed by atoms with Crippen LogP contribution in [0.5, 0.6) is 0 Å². The molecule has 7 aromatic rings. The van der Waals surface area contributed by atoms with E-state index in [-0.39, 0.29) is 5.76 Å². The van der Waals surface area contributed by atoms with Gasteiger partial charge in [-0.15, -0.1) is 0 Å². The third-order valence-electron chi connectivity index (χ3n) is 9.02. The highest BCUT2D eigenvalue weighted by Crippen LogP contribution is 2.59. The van der Waals surface area contributed by atoms with E-state index in [0.29, 0.717) is 0 Å². The van der Waals surface area contributed by atoms with Crippen LogP contribution < -0.4 is 0 Å². The maximum Gasteiger partial charge on any atom is 0.125 e. The van der Waals surface area contributed by atoms with E-state index >= 15 is 0 Å². The lowest BCUT2D eigenvalue weighted by Gasteiger charge is -2.49. The fourth-order valence-electron chi connectivity index (χ4n) is 7.17. The lowest BCUT2D eigenvalue weighted by molar-refractivity contribution is 0.474. The highest BCUT2D eigenvalue weighted by molar-refractivity contribution is 7.08. The largest absolute Gasteiger partial charge is 0.507 e. The number of hydrogen-bond donors (Lipinski definition) is 1. The van der Waals surface area contributed by atoms with E-state index in [0.717, 1.165) is 44.5 Å². The SMILES string of the molecule is OC(=C(C(c1ccccc1)(c1ccccc1)c1ccccc1)C(c1ccccc1)(c1ccccc1)c1ccccc1)c1ccsc1. The zero-order chi connectivity index (χ0) is 31.2. The van der Waals surface area contributed by atoms with Crippen molar-refractivity contribution in [2.45, 2.75) is 10.8 Å². The van der Waals surface area contributed by atoms with Crippen molar-refractivity contribution in [1.82, 2.24) is 0 Å². The van der Waals surface area contributed by atoms with Crippen LogP contribution in [-0.4, -0.2) is 5.11 Å². The number of allylic oxidation sites excluding steroid dienone is 1. The summed E-state index contributed by atoms with van der Waals surface area (Å²) in [6, 6.07) is 66.0. The first kappa shape index (κ1) is 29.3. The summed E-state index contributed by atoms with van der Waals surface area (Å²) in [7, 11) is 0. The van der Waals surface area contributed by atoms with Gasteiger partial charge in [-0.05, 0) is 44.8 Å². The minimum absolute atomic E-state index is 0.259. The predicted molar refractivity (Wildman–Crippen MR) is 192 cm³/mol. The Balaban J connectivity index is 1.81. The molecule has 1 heterocycles. The van der Waals surface area contributed by atoms with E-state index in [4.69, 9.17) is 0 Å². The van der Waals surface area contributed by atoms with Crippen LogP contribution in [0.4, 0.5) is 0 Å². The monoisotopic (exact) mass is 610 g/mol. The molecule has 0 amide bonds. The van der Waals surface area contributed by atoms with Gasteiger partial charge in [0, 0.05) is 16.5 Å². The van der Waals surface area contributed by atoms with Gasteiger partial charge in [0.2, 0.25) is 0 Å². The summed E-state index contributed by atoms with van der Waals surface area (Å²) in [6.45, 7) is 0. The molecular weight excluding hydrogens is 577 g/mol. The smallest absolute Gasteiger partial charge is 0.125 e. The number of benzene rings is 6. The van der Waals surface area contributed by atoms with Crippen molar-refractivity contribution in [3.63, 3.8) is 0 Å².